The maximum Gasteiger partial charge on any atom is 0.412 e. The molecule has 118 valence electrons. The van der Waals surface area contributed by atoms with Crippen molar-refractivity contribution in [1.82, 2.24) is 0 Å². The van der Waals surface area contributed by atoms with Crippen LogP contribution in [-0.2, 0) is 4.74 Å². The molecule has 1 rings (SSSR count). The number of rotatable bonds is 4. The van der Waals surface area contributed by atoms with Crippen molar-refractivity contribution in [3.63, 3.8) is 0 Å². The van der Waals surface area contributed by atoms with Crippen molar-refractivity contribution < 1.29 is 18.3 Å². The summed E-state index contributed by atoms with van der Waals surface area (Å²) < 4.78 is 30.8. The van der Waals surface area contributed by atoms with Gasteiger partial charge in [0.1, 0.15) is 5.60 Å². The maximum absolute atomic E-state index is 12.8. The minimum absolute atomic E-state index is 0.124. The number of nitrogens with one attached hydrogen (secondary N) is 1. The van der Waals surface area contributed by atoms with Gasteiger partial charge in [0.25, 0.3) is 0 Å². The highest BCUT2D eigenvalue weighted by molar-refractivity contribution is 6.31. The molecule has 21 heavy (non-hydrogen) atoms. The number of nitrogens with two attached hydrogens (primary N) is 1. The summed E-state index contributed by atoms with van der Waals surface area (Å²) >= 11 is 5.98. The highest BCUT2D eigenvalue weighted by atomic mass is 35.5. The van der Waals surface area contributed by atoms with Gasteiger partial charge in [-0.25, -0.2) is 13.6 Å². The van der Waals surface area contributed by atoms with E-state index in [-0.39, 0.29) is 17.1 Å². The van der Waals surface area contributed by atoms with Crippen molar-refractivity contribution in [2.24, 2.45) is 5.73 Å². The lowest BCUT2D eigenvalue weighted by atomic mass is 9.99. The molecule has 1 unspecified atom stereocenters. The molecule has 0 aliphatic heterocycles. The molecule has 0 aliphatic rings. The SMILES string of the molecule is CC(C)(C)OC(=O)Nc1ccc(C(CN)C(F)F)c(Cl)c1. The molecule has 0 aromatic heterocycles. The second kappa shape index (κ2) is 7.04. The molecule has 1 atom stereocenters. The normalized spacial score (nSPS) is 13.1. The zero-order valence-electron chi connectivity index (χ0n) is 12.1. The van der Waals surface area contributed by atoms with E-state index in [2.05, 4.69) is 5.32 Å². The lowest BCUT2D eigenvalue weighted by Crippen LogP contribution is -2.27. The van der Waals surface area contributed by atoms with Gasteiger partial charge >= 0.3 is 6.09 Å². The molecule has 0 bridgehead atoms. The largest absolute Gasteiger partial charge is 0.444 e. The van der Waals surface area contributed by atoms with Crippen LogP contribution in [0.2, 0.25) is 5.02 Å². The first kappa shape index (κ1) is 17.7. The molecule has 0 saturated carbocycles. The number of carbonyl (C=O) groups excluding carboxylic acids is 1. The molecule has 3 N–H and O–H groups in total. The van der Waals surface area contributed by atoms with Gasteiger partial charge in [-0.3, -0.25) is 5.32 Å². The summed E-state index contributed by atoms with van der Waals surface area (Å²) in [6.45, 7) is 4.99. The summed E-state index contributed by atoms with van der Waals surface area (Å²) in [5.74, 6) is -1.13. The number of carbonyl (C=O) groups is 1. The summed E-state index contributed by atoms with van der Waals surface area (Å²) in [5.41, 5.74) is 5.32. The lowest BCUT2D eigenvalue weighted by molar-refractivity contribution is 0.0636. The van der Waals surface area contributed by atoms with Gasteiger partial charge in [0.05, 0.1) is 5.92 Å². The van der Waals surface area contributed by atoms with Crippen LogP contribution >= 0.6 is 11.6 Å². The summed E-state index contributed by atoms with van der Waals surface area (Å²) in [4.78, 5) is 11.6. The zero-order chi connectivity index (χ0) is 16.2. The van der Waals surface area contributed by atoms with Crippen LogP contribution < -0.4 is 11.1 Å². The topological polar surface area (TPSA) is 64.3 Å². The van der Waals surface area contributed by atoms with Gasteiger partial charge in [-0.2, -0.15) is 0 Å². The van der Waals surface area contributed by atoms with Crippen LogP contribution in [0.4, 0.5) is 19.3 Å². The Morgan fingerprint density at radius 2 is 2.05 bits per heavy atom. The van der Waals surface area contributed by atoms with E-state index in [9.17, 15) is 13.6 Å². The fourth-order valence-electron chi connectivity index (χ4n) is 1.69. The average Bonchev–Trinajstić information content (AvgIpc) is 2.29. The Morgan fingerprint density at radius 1 is 1.43 bits per heavy atom. The van der Waals surface area contributed by atoms with Crippen molar-refractivity contribution in [1.29, 1.82) is 0 Å². The van der Waals surface area contributed by atoms with Crippen LogP contribution in [0, 0.1) is 0 Å². The van der Waals surface area contributed by atoms with Crippen molar-refractivity contribution in [3.05, 3.63) is 28.8 Å². The summed E-state index contributed by atoms with van der Waals surface area (Å²) in [5, 5.41) is 2.61. The minimum atomic E-state index is -2.60. The quantitative estimate of drug-likeness (QED) is 0.881. The van der Waals surface area contributed by atoms with Crippen molar-refractivity contribution in [3.8, 4) is 0 Å². The van der Waals surface area contributed by atoms with Gasteiger partial charge in [0.2, 0.25) is 6.43 Å². The predicted octanol–water partition coefficient (Wildman–Crippen LogP) is 3.99. The van der Waals surface area contributed by atoms with Crippen LogP contribution in [0.25, 0.3) is 0 Å². The Kier molecular flexibility index (Phi) is 5.92. The fourth-order valence-corrected chi connectivity index (χ4v) is 2.01. The molecule has 7 heteroatoms. The van der Waals surface area contributed by atoms with Crippen LogP contribution in [0.5, 0.6) is 0 Å². The molecule has 4 nitrogen and oxygen atoms in total. The van der Waals surface area contributed by atoms with Gasteiger partial charge < -0.3 is 10.5 Å². The van der Waals surface area contributed by atoms with E-state index in [0.29, 0.717) is 5.69 Å². The maximum atomic E-state index is 12.8. The molecular weight excluding hydrogens is 302 g/mol. The monoisotopic (exact) mass is 320 g/mol. The van der Waals surface area contributed by atoms with Gasteiger partial charge in [0, 0.05) is 17.3 Å². The molecule has 0 fully saturated rings. The number of amides is 1. The van der Waals surface area contributed by atoms with Crippen LogP contribution in [-0.4, -0.2) is 24.7 Å². The van der Waals surface area contributed by atoms with Crippen LogP contribution in [0.3, 0.4) is 0 Å². The number of ether oxygens (including phenoxy) is 1. The van der Waals surface area contributed by atoms with Gasteiger partial charge in [-0.05, 0) is 38.5 Å². The van der Waals surface area contributed by atoms with E-state index in [0.717, 1.165) is 0 Å². The van der Waals surface area contributed by atoms with E-state index in [1.165, 1.54) is 18.2 Å². The first-order valence-electron chi connectivity index (χ1n) is 6.41. The highest BCUT2D eigenvalue weighted by Crippen LogP contribution is 2.31. The Labute approximate surface area is 127 Å². The van der Waals surface area contributed by atoms with Gasteiger partial charge in [0.15, 0.2) is 0 Å². The second-order valence-corrected chi connectivity index (χ2v) is 5.95. The third-order valence-electron chi connectivity index (χ3n) is 2.60. The molecular formula is C14H19ClF2N2O2. The molecule has 0 spiro atoms. The number of halogens is 3. The summed E-state index contributed by atoms with van der Waals surface area (Å²) in [6.07, 6.45) is -3.24. The molecule has 0 heterocycles. The molecule has 0 radical (unpaired) electrons. The van der Waals surface area contributed by atoms with E-state index < -0.39 is 24.0 Å². The number of hydrogen-bond acceptors (Lipinski definition) is 3. The van der Waals surface area contributed by atoms with E-state index >= 15 is 0 Å². The first-order valence-corrected chi connectivity index (χ1v) is 6.79. The summed E-state index contributed by atoms with van der Waals surface area (Å²) in [6, 6.07) is 4.31. The smallest absolute Gasteiger partial charge is 0.412 e. The molecule has 1 aromatic carbocycles. The number of anilines is 1. The van der Waals surface area contributed by atoms with Crippen LogP contribution in [0.15, 0.2) is 18.2 Å². The second-order valence-electron chi connectivity index (χ2n) is 5.54. The number of hydrogen-bond donors (Lipinski definition) is 2. The van der Waals surface area contributed by atoms with Crippen molar-refractivity contribution in [2.75, 3.05) is 11.9 Å². The third-order valence-corrected chi connectivity index (χ3v) is 2.93. The van der Waals surface area contributed by atoms with Crippen molar-refractivity contribution in [2.45, 2.75) is 38.7 Å². The Balaban J connectivity index is 2.85. The lowest BCUT2D eigenvalue weighted by Gasteiger charge is -2.20. The van der Waals surface area contributed by atoms with Gasteiger partial charge in [-0.15, -0.1) is 0 Å². The van der Waals surface area contributed by atoms with E-state index in [1.807, 2.05) is 0 Å². The average molecular weight is 321 g/mol. The van der Waals surface area contributed by atoms with Crippen molar-refractivity contribution >= 4 is 23.4 Å². The summed E-state index contributed by atoms with van der Waals surface area (Å²) in [7, 11) is 0. The zero-order valence-corrected chi connectivity index (χ0v) is 12.9. The van der Waals surface area contributed by atoms with Crippen LogP contribution in [0.1, 0.15) is 32.3 Å². The van der Waals surface area contributed by atoms with Gasteiger partial charge in [-0.1, -0.05) is 17.7 Å². The fraction of sp³-hybridized carbons (Fsp3) is 0.500. The standard InChI is InChI=1S/C14H19ClF2N2O2/c1-14(2,3)21-13(20)19-8-4-5-9(11(15)6-8)10(7-18)12(16)17/h4-6,10,12H,7,18H2,1-3H3,(H,19,20). The number of alkyl halides is 2. The molecule has 0 saturated heterocycles. The molecule has 0 aliphatic carbocycles. The molecule has 1 aromatic rings. The Bertz CT molecular complexity index is 504. The minimum Gasteiger partial charge on any atom is -0.444 e. The Morgan fingerprint density at radius 3 is 2.48 bits per heavy atom. The van der Waals surface area contributed by atoms with E-state index in [4.69, 9.17) is 22.1 Å². The predicted molar refractivity (Wildman–Crippen MR) is 79.1 cm³/mol. The first-order chi connectivity index (χ1) is 9.64. The van der Waals surface area contributed by atoms with E-state index in [1.54, 1.807) is 20.8 Å². The molecule has 1 amide bonds. The Hall–Kier alpha value is -1.40. The highest BCUT2D eigenvalue weighted by Gasteiger charge is 2.23. The third kappa shape index (κ3) is 5.47. The number of benzene rings is 1.